The van der Waals surface area contributed by atoms with Crippen molar-refractivity contribution in [2.45, 2.75) is 51.2 Å². The van der Waals surface area contributed by atoms with E-state index in [-0.39, 0.29) is 24.2 Å². The molecular weight excluding hydrogens is 556 g/mol. The van der Waals surface area contributed by atoms with Crippen LogP contribution in [-0.2, 0) is 24.1 Å². The number of methoxy groups -OCH3 is 1. The third-order valence-corrected chi connectivity index (χ3v) is 7.92. The van der Waals surface area contributed by atoms with Crippen LogP contribution in [0.15, 0.2) is 42.6 Å². The zero-order valence-corrected chi connectivity index (χ0v) is 24.1. The number of ether oxygens (including phenoxy) is 2. The van der Waals surface area contributed by atoms with Crippen LogP contribution in [0.4, 0.5) is 31.8 Å². The van der Waals surface area contributed by atoms with Crippen LogP contribution in [0.5, 0.6) is 5.75 Å². The molecule has 1 atom stereocenters. The molecule has 4 aromatic heterocycles. The number of hydrogen-bond acceptors (Lipinski definition) is 9. The monoisotopic (exact) mass is 587 g/mol. The van der Waals surface area contributed by atoms with Gasteiger partial charge in [-0.1, -0.05) is 12.1 Å². The van der Waals surface area contributed by atoms with Crippen LogP contribution in [-0.4, -0.2) is 48.2 Å². The molecule has 0 amide bonds. The summed E-state index contributed by atoms with van der Waals surface area (Å²) in [6.45, 7) is 2.59. The van der Waals surface area contributed by atoms with Gasteiger partial charge >= 0.3 is 0 Å². The Morgan fingerprint density at radius 2 is 1.93 bits per heavy atom. The van der Waals surface area contributed by atoms with Gasteiger partial charge in [-0.05, 0) is 56.4 Å². The Balaban J connectivity index is 1.34. The van der Waals surface area contributed by atoms with Gasteiger partial charge in [0.2, 0.25) is 0 Å². The van der Waals surface area contributed by atoms with E-state index in [1.54, 1.807) is 38.6 Å². The predicted molar refractivity (Wildman–Crippen MR) is 157 cm³/mol. The van der Waals surface area contributed by atoms with Crippen molar-refractivity contribution in [3.05, 3.63) is 59.7 Å². The van der Waals surface area contributed by atoms with E-state index in [4.69, 9.17) is 19.4 Å². The Bertz CT molecular complexity index is 1830. The third-order valence-electron chi connectivity index (χ3n) is 7.92. The van der Waals surface area contributed by atoms with Crippen molar-refractivity contribution in [3.63, 3.8) is 0 Å². The fourth-order valence-corrected chi connectivity index (χ4v) is 5.89. The second kappa shape index (κ2) is 10.6. The number of nitrogens with zero attached hydrogens (tertiary/aromatic N) is 7. The minimum absolute atomic E-state index is 0.181. The van der Waals surface area contributed by atoms with Gasteiger partial charge in [0.25, 0.3) is 5.92 Å². The number of para-hydroxylation sites is 1. The minimum atomic E-state index is -2.95. The van der Waals surface area contributed by atoms with E-state index in [0.717, 1.165) is 30.7 Å². The summed E-state index contributed by atoms with van der Waals surface area (Å²) >= 11 is 0. The molecule has 1 saturated heterocycles. The van der Waals surface area contributed by atoms with E-state index < -0.39 is 5.92 Å². The fraction of sp³-hybridized carbons (Fsp3) is 0.367. The Hall–Kier alpha value is -4.65. The van der Waals surface area contributed by atoms with E-state index >= 15 is 0 Å². The lowest BCUT2D eigenvalue weighted by Gasteiger charge is -2.25. The normalized spacial score (nSPS) is 17.7. The van der Waals surface area contributed by atoms with Gasteiger partial charge in [0, 0.05) is 31.7 Å². The molecule has 1 aliphatic carbocycles. The third kappa shape index (κ3) is 4.92. The van der Waals surface area contributed by atoms with Crippen molar-refractivity contribution < 1.29 is 18.3 Å². The first-order valence-electron chi connectivity index (χ1n) is 14.3. The van der Waals surface area contributed by atoms with Crippen LogP contribution in [0, 0.1) is 6.92 Å². The van der Waals surface area contributed by atoms with Gasteiger partial charge in [-0.2, -0.15) is 23.8 Å². The van der Waals surface area contributed by atoms with Crippen molar-refractivity contribution in [1.29, 1.82) is 0 Å². The second-order valence-electron chi connectivity index (χ2n) is 10.8. The molecule has 5 heterocycles. The average Bonchev–Trinajstić information content (AvgIpc) is 3.67. The van der Waals surface area contributed by atoms with Crippen LogP contribution in [0.2, 0.25) is 0 Å². The molecule has 43 heavy (non-hydrogen) atoms. The van der Waals surface area contributed by atoms with Gasteiger partial charge in [-0.25, -0.2) is 15.0 Å². The number of aromatic nitrogens is 7. The number of halogens is 2. The summed E-state index contributed by atoms with van der Waals surface area (Å²) < 4.78 is 43.0. The van der Waals surface area contributed by atoms with Crippen molar-refractivity contribution in [3.8, 4) is 17.0 Å². The van der Waals surface area contributed by atoms with Crippen molar-refractivity contribution in [2.75, 3.05) is 24.4 Å². The Morgan fingerprint density at radius 1 is 1.05 bits per heavy atom. The van der Waals surface area contributed by atoms with Gasteiger partial charge in [-0.3, -0.25) is 4.57 Å². The molecule has 2 N–H and O–H groups in total. The number of pyridine rings is 2. The highest BCUT2D eigenvalue weighted by Gasteiger charge is 2.41. The Kier molecular flexibility index (Phi) is 6.68. The molecule has 0 spiro atoms. The highest BCUT2D eigenvalue weighted by molar-refractivity contribution is 5.92. The zero-order chi connectivity index (χ0) is 29.7. The largest absolute Gasteiger partial charge is 0.494 e. The lowest BCUT2D eigenvalue weighted by molar-refractivity contribution is -0.0309. The van der Waals surface area contributed by atoms with E-state index in [2.05, 4.69) is 25.8 Å². The molecule has 222 valence electrons. The van der Waals surface area contributed by atoms with Crippen LogP contribution < -0.4 is 15.4 Å². The maximum Gasteiger partial charge on any atom is 0.290 e. The summed E-state index contributed by atoms with van der Waals surface area (Å²) in [6.07, 6.45) is 4.43. The van der Waals surface area contributed by atoms with E-state index in [1.165, 1.54) is 4.80 Å². The van der Waals surface area contributed by atoms with Gasteiger partial charge in [-0.15, -0.1) is 0 Å². The molecule has 7 rings (SSSR count). The van der Waals surface area contributed by atoms with Gasteiger partial charge in [0.1, 0.15) is 40.6 Å². The highest BCUT2D eigenvalue weighted by Crippen LogP contribution is 2.42. The van der Waals surface area contributed by atoms with Crippen LogP contribution in [0.3, 0.4) is 0 Å². The predicted octanol–water partition coefficient (Wildman–Crippen LogP) is 6.16. The van der Waals surface area contributed by atoms with E-state index in [1.807, 2.05) is 29.7 Å². The molecule has 2 aliphatic rings. The maximum atomic E-state index is 14.5. The molecule has 0 bridgehead atoms. The number of rotatable bonds is 7. The first-order valence-corrected chi connectivity index (χ1v) is 14.3. The standard InChI is InChI=1S/C30H31F2N9O2/c1-17-34-26-21(35-20-8-6-7-19(27(20)42-3)22-16-33-40(2)39-22)15-24(38-29(26)41(17)25-9-4-5-14-43-25)36-23-11-10-18-12-13-30(31,32)28(18)37-23/h6-8,10-11,15-16,25H,4-5,9,12-14H2,1-3H3,(H2,35,36,37,38). The molecule has 5 aromatic rings. The van der Waals surface area contributed by atoms with E-state index in [0.29, 0.717) is 58.4 Å². The second-order valence-corrected chi connectivity index (χ2v) is 10.8. The maximum absolute atomic E-state index is 14.5. The summed E-state index contributed by atoms with van der Waals surface area (Å²) in [5, 5.41) is 15.3. The SMILES string of the molecule is COc1c(Nc2cc(Nc3ccc4c(n3)C(F)(F)CC4)nc3c2nc(C)n3C2CCCCO2)cccc1-c1cnn(C)n1. The first-order chi connectivity index (χ1) is 20.8. The number of hydrogen-bond donors (Lipinski definition) is 2. The average molecular weight is 588 g/mol. The number of alkyl halides is 2. The minimum Gasteiger partial charge on any atom is -0.494 e. The molecule has 11 nitrogen and oxygen atoms in total. The van der Waals surface area contributed by atoms with Crippen molar-refractivity contribution in [1.82, 2.24) is 34.5 Å². The lowest BCUT2D eigenvalue weighted by atomic mass is 10.1. The van der Waals surface area contributed by atoms with Gasteiger partial charge in [0.15, 0.2) is 11.4 Å². The Morgan fingerprint density at radius 3 is 2.70 bits per heavy atom. The molecule has 0 saturated carbocycles. The first kappa shape index (κ1) is 27.2. The number of imidazole rings is 1. The molecule has 1 aromatic carbocycles. The van der Waals surface area contributed by atoms with Crippen LogP contribution >= 0.6 is 0 Å². The molecule has 0 radical (unpaired) electrons. The number of fused-ring (bicyclic) bond motifs is 2. The number of aryl methyl sites for hydroxylation is 3. The number of benzene rings is 1. The number of anilines is 4. The quantitative estimate of drug-likeness (QED) is 0.231. The number of nitrogens with one attached hydrogen (secondary N) is 2. The Labute approximate surface area is 246 Å². The summed E-state index contributed by atoms with van der Waals surface area (Å²) in [5.41, 5.74) is 4.39. The molecule has 1 fully saturated rings. The zero-order valence-electron chi connectivity index (χ0n) is 24.1. The lowest BCUT2D eigenvalue weighted by Crippen LogP contribution is -2.19. The van der Waals surface area contributed by atoms with Crippen molar-refractivity contribution in [2.24, 2.45) is 7.05 Å². The smallest absolute Gasteiger partial charge is 0.290 e. The summed E-state index contributed by atoms with van der Waals surface area (Å²) in [7, 11) is 3.36. The molecule has 1 unspecified atom stereocenters. The highest BCUT2D eigenvalue weighted by atomic mass is 19.3. The van der Waals surface area contributed by atoms with Gasteiger partial charge in [0.05, 0.1) is 24.7 Å². The summed E-state index contributed by atoms with van der Waals surface area (Å²) in [4.78, 5) is 15.6. The van der Waals surface area contributed by atoms with Crippen LogP contribution in [0.1, 0.15) is 49.0 Å². The van der Waals surface area contributed by atoms with Crippen LogP contribution in [0.25, 0.3) is 22.4 Å². The summed E-state index contributed by atoms with van der Waals surface area (Å²) in [6, 6.07) is 10.9. The van der Waals surface area contributed by atoms with Crippen molar-refractivity contribution >= 4 is 34.2 Å². The molecule has 13 heteroatoms. The van der Waals surface area contributed by atoms with E-state index in [9.17, 15) is 8.78 Å². The van der Waals surface area contributed by atoms with Gasteiger partial charge < -0.3 is 20.1 Å². The fourth-order valence-electron chi connectivity index (χ4n) is 5.89. The molecular formula is C30H31F2N9O2. The topological polar surface area (TPSA) is 117 Å². The summed E-state index contributed by atoms with van der Waals surface area (Å²) in [5.74, 6) is -0.903. The molecule has 1 aliphatic heterocycles.